The average Bonchev–Trinajstić information content (AvgIpc) is 2.52. The van der Waals surface area contributed by atoms with Crippen LogP contribution in [0.25, 0.3) is 0 Å². The van der Waals surface area contributed by atoms with Crippen molar-refractivity contribution in [3.63, 3.8) is 0 Å². The summed E-state index contributed by atoms with van der Waals surface area (Å²) in [6, 6.07) is -1.31. The first-order valence-electron chi connectivity index (χ1n) is 7.75. The summed E-state index contributed by atoms with van der Waals surface area (Å²) in [7, 11) is 0. The first kappa shape index (κ1) is 21.0. The van der Waals surface area contributed by atoms with Crippen LogP contribution in [-0.2, 0) is 9.53 Å². The number of nitrogens with zero attached hydrogens (tertiary/aromatic N) is 1. The number of H-pyrrole nitrogens is 1. The van der Waals surface area contributed by atoms with Crippen LogP contribution in [0, 0.1) is 5.92 Å². The minimum Gasteiger partial charge on any atom is -0.459 e. The Balaban J connectivity index is 0.00000312. The number of aliphatic hydroxyl groups is 1. The molecule has 8 N–H and O–H groups in total. The van der Waals surface area contributed by atoms with Gasteiger partial charge in [-0.3, -0.25) is 14.6 Å². The third-order valence-electron chi connectivity index (χ3n) is 3.94. The Hall–Kier alpha value is -2.04. The number of anilines is 3. The van der Waals surface area contributed by atoms with Gasteiger partial charge in [0.25, 0.3) is 5.56 Å². The summed E-state index contributed by atoms with van der Waals surface area (Å²) in [5, 5.41) is 16.2. The fourth-order valence-corrected chi connectivity index (χ4v) is 2.33. The topological polar surface area (TPSA) is 168 Å². The van der Waals surface area contributed by atoms with E-state index in [-0.39, 0.29) is 36.5 Å². The minimum atomic E-state index is -1.05. The van der Waals surface area contributed by atoms with Crippen molar-refractivity contribution in [3.8, 4) is 0 Å². The van der Waals surface area contributed by atoms with Crippen molar-refractivity contribution in [1.29, 1.82) is 0 Å². The van der Waals surface area contributed by atoms with Crippen molar-refractivity contribution in [2.24, 2.45) is 11.7 Å². The zero-order valence-corrected chi connectivity index (χ0v) is 15.1. The van der Waals surface area contributed by atoms with Gasteiger partial charge in [0.15, 0.2) is 5.82 Å². The third-order valence-corrected chi connectivity index (χ3v) is 3.94. The molecule has 1 aromatic rings. The smallest absolute Gasteiger partial charge is 0.323 e. The van der Waals surface area contributed by atoms with Gasteiger partial charge in [-0.15, -0.1) is 12.4 Å². The largest absolute Gasteiger partial charge is 0.459 e. The normalized spacial score (nSPS) is 19.5. The van der Waals surface area contributed by atoms with E-state index >= 15 is 0 Å². The number of aromatic amines is 1. The summed E-state index contributed by atoms with van der Waals surface area (Å²) >= 11 is 0. The van der Waals surface area contributed by atoms with Crippen molar-refractivity contribution in [2.75, 3.05) is 22.9 Å². The number of aromatic nitrogens is 2. The molecule has 2 heterocycles. The summed E-state index contributed by atoms with van der Waals surface area (Å²) in [4.78, 5) is 30.1. The van der Waals surface area contributed by atoms with Crippen LogP contribution < -0.4 is 27.7 Å². The highest BCUT2D eigenvalue weighted by Crippen LogP contribution is 2.22. The first-order valence-corrected chi connectivity index (χ1v) is 7.75. The number of nitrogens with two attached hydrogens (primary N) is 2. The van der Waals surface area contributed by atoms with E-state index in [4.69, 9.17) is 16.2 Å². The number of hydrogen-bond donors (Lipinski definition) is 6. The van der Waals surface area contributed by atoms with Gasteiger partial charge in [-0.05, 0) is 12.8 Å². The molecule has 0 spiro atoms. The van der Waals surface area contributed by atoms with E-state index in [9.17, 15) is 14.7 Å². The van der Waals surface area contributed by atoms with E-state index in [1.165, 1.54) is 0 Å². The molecule has 1 aliphatic heterocycles. The van der Waals surface area contributed by atoms with Gasteiger partial charge in [0, 0.05) is 6.54 Å². The molecule has 0 unspecified atom stereocenters. The lowest BCUT2D eigenvalue weighted by molar-refractivity contribution is -0.156. The number of rotatable bonds is 5. The zero-order chi connectivity index (χ0) is 18.0. The van der Waals surface area contributed by atoms with Gasteiger partial charge in [0.1, 0.15) is 23.9 Å². The Kier molecular flexibility index (Phi) is 7.03. The second-order valence-corrected chi connectivity index (χ2v) is 6.21. The summed E-state index contributed by atoms with van der Waals surface area (Å²) in [6.07, 6.45) is -1.85. The van der Waals surface area contributed by atoms with Crippen molar-refractivity contribution < 1.29 is 14.6 Å². The molecule has 2 rings (SSSR count). The molecule has 142 valence electrons. The fourth-order valence-electron chi connectivity index (χ4n) is 2.33. The molecule has 0 saturated heterocycles. The Morgan fingerprint density at radius 1 is 1.40 bits per heavy atom. The summed E-state index contributed by atoms with van der Waals surface area (Å²) in [5.74, 6) is -0.338. The predicted octanol–water partition coefficient (Wildman–Crippen LogP) is -0.744. The van der Waals surface area contributed by atoms with Crippen LogP contribution in [0.3, 0.4) is 0 Å². The number of aliphatic hydroxyl groups excluding tert-OH is 1. The molecule has 1 aliphatic rings. The van der Waals surface area contributed by atoms with E-state index in [0.29, 0.717) is 5.82 Å². The molecule has 0 amide bonds. The van der Waals surface area contributed by atoms with E-state index in [1.54, 1.807) is 6.92 Å². The fraction of sp³-hybridized carbons (Fsp3) is 0.643. The number of carbonyl (C=O) groups is 1. The molecule has 0 aromatic carbocycles. The summed E-state index contributed by atoms with van der Waals surface area (Å²) < 4.78 is 5.22. The maximum absolute atomic E-state index is 11.9. The van der Waals surface area contributed by atoms with Gasteiger partial charge in [0.2, 0.25) is 5.95 Å². The van der Waals surface area contributed by atoms with E-state index < -0.39 is 35.8 Å². The lowest BCUT2D eigenvalue weighted by atomic mass is 10.0. The molecule has 10 nitrogen and oxygen atoms in total. The van der Waals surface area contributed by atoms with Crippen LogP contribution in [0.15, 0.2) is 4.79 Å². The quantitative estimate of drug-likeness (QED) is 0.362. The van der Waals surface area contributed by atoms with Crippen molar-refractivity contribution in [1.82, 2.24) is 9.97 Å². The number of ether oxygens (including phenoxy) is 1. The van der Waals surface area contributed by atoms with Crippen LogP contribution >= 0.6 is 12.4 Å². The highest BCUT2D eigenvalue weighted by Gasteiger charge is 2.33. The van der Waals surface area contributed by atoms with Crippen LogP contribution in [-0.4, -0.2) is 51.9 Å². The Morgan fingerprint density at radius 2 is 2.04 bits per heavy atom. The number of nitrogens with one attached hydrogen (secondary N) is 3. The number of carbonyl (C=O) groups excluding carboxylic acids is 1. The Morgan fingerprint density at radius 3 is 2.64 bits per heavy atom. The molecule has 0 radical (unpaired) electrons. The molecule has 0 bridgehead atoms. The number of fused-ring (bicyclic) bond motifs is 1. The van der Waals surface area contributed by atoms with Crippen LogP contribution in [0.5, 0.6) is 0 Å². The number of nitrogen functional groups attached to an aromatic ring is 1. The maximum atomic E-state index is 11.9. The molecule has 0 aliphatic carbocycles. The van der Waals surface area contributed by atoms with Gasteiger partial charge in [-0.2, -0.15) is 4.98 Å². The predicted molar refractivity (Wildman–Crippen MR) is 96.8 cm³/mol. The summed E-state index contributed by atoms with van der Waals surface area (Å²) in [6.45, 7) is 5.46. The average molecular weight is 377 g/mol. The highest BCUT2D eigenvalue weighted by molar-refractivity contribution is 5.85. The zero-order valence-electron chi connectivity index (χ0n) is 14.3. The number of esters is 1. The van der Waals surface area contributed by atoms with Crippen molar-refractivity contribution >= 4 is 35.8 Å². The second-order valence-electron chi connectivity index (χ2n) is 6.21. The second kappa shape index (κ2) is 8.37. The molecule has 4 atom stereocenters. The molecule has 1 aromatic heterocycles. The number of hydrogen-bond acceptors (Lipinski definition) is 9. The molecule has 0 fully saturated rings. The standard InChI is InChI=1S/C14H24N6O4.ClH/c1-5(2)8(15)13(23)24-6(3)10(21)7-4-17-11-9(18-7)12(22)20-14(16)19-11;/h5-8,10,18,21H,4,15H2,1-3H3,(H4,16,17,19,20,22);1H/t6-,7+,8-,10-;/m0./s1. The minimum absolute atomic E-state index is 0. The molecule has 11 heteroatoms. The third kappa shape index (κ3) is 4.74. The van der Waals surface area contributed by atoms with Gasteiger partial charge in [-0.1, -0.05) is 13.8 Å². The Bertz CT molecular complexity index is 667. The lowest BCUT2D eigenvalue weighted by Gasteiger charge is -2.33. The highest BCUT2D eigenvalue weighted by atomic mass is 35.5. The van der Waals surface area contributed by atoms with Gasteiger partial charge in [0.05, 0.1) is 6.04 Å². The SMILES string of the molecule is CC(C)[C@H](N)C(=O)O[C@@H](C)[C@H](O)[C@H]1CNc2nc(N)[nH]c(=O)c2N1.Cl. The molecule has 25 heavy (non-hydrogen) atoms. The van der Waals surface area contributed by atoms with Crippen molar-refractivity contribution in [2.45, 2.75) is 45.1 Å². The molecule has 0 saturated carbocycles. The first-order chi connectivity index (χ1) is 11.2. The monoisotopic (exact) mass is 376 g/mol. The summed E-state index contributed by atoms with van der Waals surface area (Å²) in [5.41, 5.74) is 10.9. The number of halogens is 1. The van der Waals surface area contributed by atoms with Crippen LogP contribution in [0.4, 0.5) is 17.5 Å². The lowest BCUT2D eigenvalue weighted by Crippen LogP contribution is -2.51. The van der Waals surface area contributed by atoms with Gasteiger partial charge in [-0.25, -0.2) is 0 Å². The van der Waals surface area contributed by atoms with E-state index in [2.05, 4.69) is 20.6 Å². The van der Waals surface area contributed by atoms with Gasteiger partial charge < -0.3 is 31.9 Å². The van der Waals surface area contributed by atoms with Crippen LogP contribution in [0.1, 0.15) is 20.8 Å². The molecular weight excluding hydrogens is 352 g/mol. The van der Waals surface area contributed by atoms with E-state index in [0.717, 1.165) is 0 Å². The van der Waals surface area contributed by atoms with E-state index in [1.807, 2.05) is 13.8 Å². The van der Waals surface area contributed by atoms with Crippen molar-refractivity contribution in [3.05, 3.63) is 10.4 Å². The van der Waals surface area contributed by atoms with Gasteiger partial charge >= 0.3 is 5.97 Å². The molecular formula is C14H25ClN6O4. The Labute approximate surface area is 151 Å². The van der Waals surface area contributed by atoms with Crippen LogP contribution in [0.2, 0.25) is 0 Å². The maximum Gasteiger partial charge on any atom is 0.323 e.